The van der Waals surface area contributed by atoms with Gasteiger partial charge in [-0.3, -0.25) is 0 Å². The van der Waals surface area contributed by atoms with Crippen molar-refractivity contribution >= 4 is 23.5 Å². The van der Waals surface area contributed by atoms with Gasteiger partial charge in [-0.2, -0.15) is 0 Å². The van der Waals surface area contributed by atoms with Gasteiger partial charge in [0, 0.05) is 5.25 Å². The lowest BCUT2D eigenvalue weighted by molar-refractivity contribution is 0.997. The number of hydrogen-bond donors (Lipinski definition) is 0. The molecule has 0 saturated carbocycles. The van der Waals surface area contributed by atoms with Crippen LogP contribution in [0.3, 0.4) is 0 Å². The van der Waals surface area contributed by atoms with Crippen molar-refractivity contribution in [2.24, 2.45) is 0 Å². The Labute approximate surface area is 67.2 Å². The molecular weight excluding hydrogens is 148 g/mol. The lowest BCUT2D eigenvalue weighted by Gasteiger charge is -2.23. The fraction of sp³-hybridized carbons (Fsp3) is 1.00. The SMILES string of the molecule is CSC(C)(C)SC(C)C. The Morgan fingerprint density at radius 1 is 1.22 bits per heavy atom. The van der Waals surface area contributed by atoms with Gasteiger partial charge in [0.1, 0.15) is 0 Å². The molecule has 0 saturated heterocycles. The third-order valence-corrected chi connectivity index (χ3v) is 3.82. The molecule has 0 aromatic rings. The van der Waals surface area contributed by atoms with E-state index in [0.29, 0.717) is 4.08 Å². The predicted molar refractivity (Wildman–Crippen MR) is 50.3 cm³/mol. The summed E-state index contributed by atoms with van der Waals surface area (Å²) < 4.78 is 0.397. The number of rotatable bonds is 3. The molecule has 0 radical (unpaired) electrons. The van der Waals surface area contributed by atoms with E-state index in [4.69, 9.17) is 0 Å². The van der Waals surface area contributed by atoms with Crippen LogP contribution in [-0.4, -0.2) is 15.6 Å². The summed E-state index contributed by atoms with van der Waals surface area (Å²) in [6.45, 7) is 9.01. The summed E-state index contributed by atoms with van der Waals surface area (Å²) in [5.41, 5.74) is 0. The summed E-state index contributed by atoms with van der Waals surface area (Å²) in [5, 5.41) is 0.743. The highest BCUT2D eigenvalue weighted by Crippen LogP contribution is 2.36. The highest BCUT2D eigenvalue weighted by molar-refractivity contribution is 8.18. The molecule has 0 rings (SSSR count). The largest absolute Gasteiger partial charge is 0.148 e. The maximum Gasteiger partial charge on any atom is 0.0554 e. The Hall–Kier alpha value is 0.700. The quantitative estimate of drug-likeness (QED) is 0.587. The van der Waals surface area contributed by atoms with Crippen LogP contribution in [0, 0.1) is 0 Å². The summed E-state index contributed by atoms with van der Waals surface area (Å²) in [4.78, 5) is 0. The van der Waals surface area contributed by atoms with Gasteiger partial charge in [-0.1, -0.05) is 13.8 Å². The minimum absolute atomic E-state index is 0.397. The zero-order chi connectivity index (χ0) is 7.49. The topological polar surface area (TPSA) is 0 Å². The molecule has 0 nitrogen and oxygen atoms in total. The molecular formula is C7H16S2. The number of thioether (sulfide) groups is 2. The molecule has 9 heavy (non-hydrogen) atoms. The summed E-state index contributed by atoms with van der Waals surface area (Å²) in [6.07, 6.45) is 2.16. The van der Waals surface area contributed by atoms with E-state index in [0.717, 1.165) is 5.25 Å². The Bertz CT molecular complexity index is 77.0. The van der Waals surface area contributed by atoms with Gasteiger partial charge in [0.2, 0.25) is 0 Å². The number of hydrogen-bond acceptors (Lipinski definition) is 2. The van der Waals surface area contributed by atoms with Gasteiger partial charge in [0.15, 0.2) is 0 Å². The van der Waals surface area contributed by atoms with Gasteiger partial charge in [0.25, 0.3) is 0 Å². The lowest BCUT2D eigenvalue weighted by atomic mass is 10.5. The first-order chi connectivity index (χ1) is 3.98. The highest BCUT2D eigenvalue weighted by atomic mass is 32.2. The molecule has 0 amide bonds. The van der Waals surface area contributed by atoms with E-state index in [1.807, 2.05) is 23.5 Å². The molecule has 0 bridgehead atoms. The normalized spacial score (nSPS) is 12.7. The van der Waals surface area contributed by atoms with Crippen molar-refractivity contribution in [3.8, 4) is 0 Å². The lowest BCUT2D eigenvalue weighted by Crippen LogP contribution is -2.11. The van der Waals surface area contributed by atoms with Gasteiger partial charge in [-0.05, 0) is 20.1 Å². The molecule has 0 aromatic carbocycles. The Kier molecular flexibility index (Phi) is 4.06. The first-order valence-electron chi connectivity index (χ1n) is 3.21. The average Bonchev–Trinajstić information content (AvgIpc) is 1.63. The van der Waals surface area contributed by atoms with Crippen molar-refractivity contribution in [3.63, 3.8) is 0 Å². The summed E-state index contributed by atoms with van der Waals surface area (Å²) >= 11 is 3.94. The Morgan fingerprint density at radius 2 is 1.67 bits per heavy atom. The van der Waals surface area contributed by atoms with Gasteiger partial charge in [0.05, 0.1) is 4.08 Å². The second-order valence-electron chi connectivity index (χ2n) is 2.77. The van der Waals surface area contributed by atoms with Crippen molar-refractivity contribution < 1.29 is 0 Å². The van der Waals surface area contributed by atoms with Crippen LogP contribution < -0.4 is 0 Å². The average molecular weight is 164 g/mol. The molecule has 0 N–H and O–H groups in total. The van der Waals surface area contributed by atoms with Crippen LogP contribution in [0.5, 0.6) is 0 Å². The zero-order valence-electron chi connectivity index (χ0n) is 6.89. The van der Waals surface area contributed by atoms with Gasteiger partial charge < -0.3 is 0 Å². The van der Waals surface area contributed by atoms with E-state index in [1.165, 1.54) is 0 Å². The van der Waals surface area contributed by atoms with Crippen LogP contribution in [0.1, 0.15) is 27.7 Å². The van der Waals surface area contributed by atoms with E-state index in [2.05, 4.69) is 34.0 Å². The van der Waals surface area contributed by atoms with Crippen molar-refractivity contribution in [1.29, 1.82) is 0 Å². The third-order valence-electron chi connectivity index (χ3n) is 1.01. The molecule has 0 aliphatic rings. The molecule has 56 valence electrons. The van der Waals surface area contributed by atoms with Crippen molar-refractivity contribution in [2.45, 2.75) is 37.0 Å². The van der Waals surface area contributed by atoms with Gasteiger partial charge in [-0.25, -0.2) is 0 Å². The fourth-order valence-electron chi connectivity index (χ4n) is 0.616. The molecule has 0 atom stereocenters. The zero-order valence-corrected chi connectivity index (χ0v) is 8.53. The fourth-order valence-corrected chi connectivity index (χ4v) is 2.71. The maximum absolute atomic E-state index is 2.27. The maximum atomic E-state index is 2.27. The van der Waals surface area contributed by atoms with E-state index in [9.17, 15) is 0 Å². The first kappa shape index (κ1) is 9.70. The van der Waals surface area contributed by atoms with Crippen LogP contribution in [0.15, 0.2) is 0 Å². The van der Waals surface area contributed by atoms with Crippen LogP contribution in [0.2, 0.25) is 0 Å². The summed E-state index contributed by atoms with van der Waals surface area (Å²) in [7, 11) is 0. The van der Waals surface area contributed by atoms with Crippen LogP contribution in [0.25, 0.3) is 0 Å². The van der Waals surface area contributed by atoms with Crippen LogP contribution >= 0.6 is 23.5 Å². The van der Waals surface area contributed by atoms with Crippen LogP contribution in [0.4, 0.5) is 0 Å². The second kappa shape index (κ2) is 3.77. The standard InChI is InChI=1S/C7H16S2/c1-6(2)9-7(3,4)8-5/h6H,1-5H3. The second-order valence-corrected chi connectivity index (χ2v) is 6.66. The van der Waals surface area contributed by atoms with E-state index < -0.39 is 0 Å². The van der Waals surface area contributed by atoms with E-state index in [1.54, 1.807) is 0 Å². The summed E-state index contributed by atoms with van der Waals surface area (Å²) in [6, 6.07) is 0. The smallest absolute Gasteiger partial charge is 0.0554 e. The minimum Gasteiger partial charge on any atom is -0.148 e. The first-order valence-corrected chi connectivity index (χ1v) is 5.31. The molecule has 0 aliphatic heterocycles. The molecule has 0 heterocycles. The van der Waals surface area contributed by atoms with Crippen molar-refractivity contribution in [1.82, 2.24) is 0 Å². The molecule has 0 unspecified atom stereocenters. The minimum atomic E-state index is 0.397. The molecule has 0 spiro atoms. The predicted octanol–water partition coefficient (Wildman–Crippen LogP) is 3.23. The van der Waals surface area contributed by atoms with E-state index in [-0.39, 0.29) is 0 Å². The van der Waals surface area contributed by atoms with Crippen molar-refractivity contribution in [3.05, 3.63) is 0 Å². The van der Waals surface area contributed by atoms with Crippen molar-refractivity contribution in [2.75, 3.05) is 6.26 Å². The third kappa shape index (κ3) is 5.16. The molecule has 0 fully saturated rings. The summed E-state index contributed by atoms with van der Waals surface area (Å²) in [5.74, 6) is 0. The molecule has 0 aliphatic carbocycles. The van der Waals surface area contributed by atoms with Gasteiger partial charge in [-0.15, -0.1) is 23.5 Å². The van der Waals surface area contributed by atoms with Gasteiger partial charge >= 0.3 is 0 Å². The monoisotopic (exact) mass is 164 g/mol. The Balaban J connectivity index is 3.58. The molecule has 0 aromatic heterocycles. The van der Waals surface area contributed by atoms with Crippen LogP contribution in [-0.2, 0) is 0 Å². The van der Waals surface area contributed by atoms with E-state index >= 15 is 0 Å². The highest BCUT2D eigenvalue weighted by Gasteiger charge is 2.17. The Morgan fingerprint density at radius 3 is 1.78 bits per heavy atom. The molecule has 2 heteroatoms.